The van der Waals surface area contributed by atoms with Crippen LogP contribution >= 0.6 is 0 Å². The first kappa shape index (κ1) is 50.5. The molecule has 0 unspecified atom stereocenters. The van der Waals surface area contributed by atoms with E-state index in [0.29, 0.717) is 86.0 Å². The van der Waals surface area contributed by atoms with Crippen molar-refractivity contribution >= 4 is 52.9 Å². The van der Waals surface area contributed by atoms with Crippen molar-refractivity contribution in [3.8, 4) is 66.8 Å². The molecule has 0 spiro atoms. The van der Waals surface area contributed by atoms with Gasteiger partial charge in [0.05, 0.1) is 53.1 Å². The van der Waals surface area contributed by atoms with E-state index >= 15 is 0 Å². The molecule has 0 aromatic heterocycles. The molecule has 15 heteroatoms. The van der Waals surface area contributed by atoms with Crippen LogP contribution in [0.4, 0.5) is 17.1 Å². The molecular weight excluding hydrogens is 919 g/mol. The molecule has 360 valence electrons. The fourth-order valence-electron chi connectivity index (χ4n) is 11.0. The van der Waals surface area contributed by atoms with Gasteiger partial charge in [0, 0.05) is 0 Å². The average molecular weight is 964 g/mol. The van der Waals surface area contributed by atoms with Crippen LogP contribution in [0, 0.1) is 19.7 Å². The standard InChI is InChI=1S/C57H45N3O12/c1-10-29-30(11-2)40-38(45(54(65)66)50(59-8)46(40)55(67)68)21-20-35(29)27-22-26(25-16-18-36-37(19-17-25)44(53(63)64)49(58-7)43(36)52(61)62)23-28(24-27)39-31(12-3)33(14-5)41-42(34(15-6)32(39)13-4)48(57(71)72)51(60-9)47(41)56(69)70/h16-24H,10-15H2,1-6H3,(H,61,62)(H,63,64)(H,65,66)(H,67,68)(H,69,70)(H,71,72). The third-order valence-corrected chi connectivity index (χ3v) is 13.6. The topological polar surface area (TPSA) is 237 Å². The summed E-state index contributed by atoms with van der Waals surface area (Å²) in [6.07, 6.45) is 1.58. The second-order valence-electron chi connectivity index (χ2n) is 16.9. The van der Waals surface area contributed by atoms with Gasteiger partial charge in [-0.1, -0.05) is 77.9 Å². The van der Waals surface area contributed by atoms with Gasteiger partial charge in [-0.05, 0) is 157 Å². The van der Waals surface area contributed by atoms with E-state index in [4.69, 9.17) is 19.7 Å². The minimum Gasteiger partial charge on any atom is -0.479 e. The Morgan fingerprint density at radius 2 is 0.625 bits per heavy atom. The molecule has 0 saturated carbocycles. The number of carboxylic acid groups (broad SMARTS) is 6. The maximum absolute atomic E-state index is 13.2. The maximum atomic E-state index is 13.2. The highest BCUT2D eigenvalue weighted by Gasteiger charge is 2.38. The van der Waals surface area contributed by atoms with Gasteiger partial charge in [-0.3, -0.25) is 0 Å². The summed E-state index contributed by atoms with van der Waals surface area (Å²) in [5.74, 6) is -8.88. The van der Waals surface area contributed by atoms with E-state index in [1.807, 2.05) is 52.8 Å². The van der Waals surface area contributed by atoms with E-state index < -0.39 is 86.3 Å². The third-order valence-electron chi connectivity index (χ3n) is 13.6. The van der Waals surface area contributed by atoms with E-state index in [0.717, 1.165) is 0 Å². The third kappa shape index (κ3) is 7.67. The molecule has 1 aromatic rings. The van der Waals surface area contributed by atoms with E-state index in [-0.39, 0.29) is 52.6 Å². The molecule has 0 saturated heterocycles. The smallest absolute Gasteiger partial charge is 0.325 e. The van der Waals surface area contributed by atoms with Crippen LogP contribution in [0.2, 0.25) is 0 Å². The summed E-state index contributed by atoms with van der Waals surface area (Å²) < 4.78 is 0. The lowest BCUT2D eigenvalue weighted by Crippen LogP contribution is -2.02. The van der Waals surface area contributed by atoms with Crippen molar-refractivity contribution in [2.75, 3.05) is 0 Å². The number of carboxylic acids is 6. The van der Waals surface area contributed by atoms with E-state index in [1.54, 1.807) is 25.1 Å². The van der Waals surface area contributed by atoms with Gasteiger partial charge in [-0.2, -0.15) is 0 Å². The maximum Gasteiger partial charge on any atom is 0.325 e. The lowest BCUT2D eigenvalue weighted by Gasteiger charge is -2.19. The van der Waals surface area contributed by atoms with Crippen LogP contribution in [0.5, 0.6) is 0 Å². The first-order chi connectivity index (χ1) is 34.4. The number of benzene rings is 1. The van der Waals surface area contributed by atoms with Gasteiger partial charge in [0.2, 0.25) is 17.1 Å². The van der Waals surface area contributed by atoms with Crippen molar-refractivity contribution in [3.63, 3.8) is 0 Å². The molecule has 6 N–H and O–H groups in total. The Balaban J connectivity index is 1.76. The van der Waals surface area contributed by atoms with Crippen LogP contribution in [-0.2, 0) is 38.5 Å². The first-order valence-electron chi connectivity index (χ1n) is 23.0. The highest BCUT2D eigenvalue weighted by molar-refractivity contribution is 6.19. The molecule has 15 nitrogen and oxygen atoms in total. The predicted molar refractivity (Wildman–Crippen MR) is 269 cm³/mol. The van der Waals surface area contributed by atoms with E-state index in [9.17, 15) is 59.4 Å². The van der Waals surface area contributed by atoms with Crippen LogP contribution in [0.1, 0.15) is 137 Å². The van der Waals surface area contributed by atoms with Gasteiger partial charge in [-0.15, -0.1) is 0 Å². The molecule has 0 bridgehead atoms. The SMILES string of the molecule is [C-]#[N+]c1c(C(=O)O)c2ccc(-c3cc(-c4ccc5c(C(=O)O)c([N+]#[C-])c(C(=O)O)c-5c(CC)c4CC)cc(-c4c(CC)c(CC)c5c(C(=O)O)c([N+]#[C-])c(C(=O)O)c-5c(CC)c4CC)c3)ccc-2c1C(=O)O. The largest absolute Gasteiger partial charge is 0.479 e. The number of fused-ring (bicyclic) bond motifs is 3. The van der Waals surface area contributed by atoms with Gasteiger partial charge < -0.3 is 30.6 Å². The minimum absolute atomic E-state index is 0.00316. The summed E-state index contributed by atoms with van der Waals surface area (Å²) in [4.78, 5) is 87.7. The number of aromatic carboxylic acids is 6. The second kappa shape index (κ2) is 19.5. The molecule has 1 aromatic carbocycles. The zero-order valence-corrected chi connectivity index (χ0v) is 39.9. The summed E-state index contributed by atoms with van der Waals surface area (Å²) in [5, 5.41) is 63.0. The van der Waals surface area contributed by atoms with Crippen molar-refractivity contribution in [1.29, 1.82) is 0 Å². The molecule has 0 heterocycles. The van der Waals surface area contributed by atoms with Gasteiger partial charge in [0.25, 0.3) is 0 Å². The zero-order chi connectivity index (χ0) is 52.8. The predicted octanol–water partition coefficient (Wildman–Crippen LogP) is 13.2. The fourth-order valence-corrected chi connectivity index (χ4v) is 11.0. The molecule has 72 heavy (non-hydrogen) atoms. The van der Waals surface area contributed by atoms with E-state index in [1.165, 1.54) is 18.2 Å². The molecule has 6 aliphatic rings. The molecule has 0 radical (unpaired) electrons. The number of nitrogens with zero attached hydrogens (tertiary/aromatic N) is 3. The molecular formula is C57H45N3O12. The molecule has 0 fully saturated rings. The number of rotatable bonds is 15. The van der Waals surface area contributed by atoms with Crippen molar-refractivity contribution in [2.24, 2.45) is 0 Å². The van der Waals surface area contributed by atoms with Crippen LogP contribution in [0.25, 0.3) is 81.3 Å². The molecule has 7 rings (SSSR count). The van der Waals surface area contributed by atoms with Gasteiger partial charge in [-0.25, -0.2) is 43.3 Å². The highest BCUT2D eigenvalue weighted by atomic mass is 16.4. The number of hydrogen-bond acceptors (Lipinski definition) is 6. The second-order valence-corrected chi connectivity index (χ2v) is 16.9. The highest BCUT2D eigenvalue weighted by Crippen LogP contribution is 2.52. The van der Waals surface area contributed by atoms with Crippen LogP contribution in [-0.4, -0.2) is 66.5 Å². The lowest BCUT2D eigenvalue weighted by atomic mass is 9.85. The number of carbonyl (C=O) groups is 6. The van der Waals surface area contributed by atoms with Gasteiger partial charge >= 0.3 is 35.8 Å². The molecule has 0 aliphatic heterocycles. The summed E-state index contributed by atoms with van der Waals surface area (Å²) in [6.45, 7) is 34.6. The summed E-state index contributed by atoms with van der Waals surface area (Å²) in [6, 6.07) is 14.8. The quantitative estimate of drug-likeness (QED) is 0.0526. The fraction of sp³-hybridized carbons (Fsp3) is 0.211. The molecule has 6 aliphatic carbocycles. The van der Waals surface area contributed by atoms with Crippen LogP contribution in [0.3, 0.4) is 0 Å². The Kier molecular flexibility index (Phi) is 13.7. The Bertz CT molecular complexity index is 3480. The Labute approximate surface area is 413 Å². The molecule has 0 atom stereocenters. The Morgan fingerprint density at radius 1 is 0.333 bits per heavy atom. The van der Waals surface area contributed by atoms with Crippen molar-refractivity contribution in [2.45, 2.75) is 80.1 Å². The van der Waals surface area contributed by atoms with Crippen molar-refractivity contribution in [3.05, 3.63) is 156 Å². The van der Waals surface area contributed by atoms with Crippen molar-refractivity contribution < 1.29 is 59.4 Å². The normalized spacial score (nSPS) is 11.0. The number of hydrogen-bond donors (Lipinski definition) is 6. The summed E-state index contributed by atoms with van der Waals surface area (Å²) >= 11 is 0. The first-order valence-corrected chi connectivity index (χ1v) is 23.0. The molecule has 0 amide bonds. The van der Waals surface area contributed by atoms with Gasteiger partial charge in [0.15, 0.2) is 0 Å². The monoisotopic (exact) mass is 963 g/mol. The Hall–Kier alpha value is -9.39. The average Bonchev–Trinajstić information content (AvgIpc) is 3.84. The van der Waals surface area contributed by atoms with Crippen molar-refractivity contribution in [1.82, 2.24) is 0 Å². The van der Waals surface area contributed by atoms with Crippen LogP contribution in [0.15, 0.2) is 54.6 Å². The summed E-state index contributed by atoms with van der Waals surface area (Å²) in [5.41, 5.74) is 3.10. The minimum atomic E-state index is -1.50. The lowest BCUT2D eigenvalue weighted by molar-refractivity contribution is 0.0683. The van der Waals surface area contributed by atoms with Gasteiger partial charge in [0.1, 0.15) is 0 Å². The van der Waals surface area contributed by atoms with E-state index in [2.05, 4.69) is 14.5 Å². The van der Waals surface area contributed by atoms with Crippen LogP contribution < -0.4 is 0 Å². The zero-order valence-electron chi connectivity index (χ0n) is 39.9. The summed E-state index contributed by atoms with van der Waals surface area (Å²) in [7, 11) is 0. The Morgan fingerprint density at radius 3 is 1.01 bits per heavy atom.